The van der Waals surface area contributed by atoms with Crippen molar-refractivity contribution in [2.75, 3.05) is 0 Å². The minimum Gasteiger partial charge on any atom is -0.234 e. The third kappa shape index (κ3) is 2.60. The van der Waals surface area contributed by atoms with Gasteiger partial charge in [-0.3, -0.25) is 0 Å². The smallest absolute Gasteiger partial charge is 0.234 e. The summed E-state index contributed by atoms with van der Waals surface area (Å²) in [6.45, 7) is 0. The summed E-state index contributed by atoms with van der Waals surface area (Å²) in [5.74, 6) is 0.0144. The molecule has 1 aromatic heterocycles. The molecule has 0 spiro atoms. The molecule has 0 fully saturated rings. The second kappa shape index (κ2) is 4.66. The maximum atomic E-state index is 12.4. The van der Waals surface area contributed by atoms with Crippen LogP contribution >= 0.6 is 43.5 Å². The molecule has 1 rings (SSSR count). The Morgan fingerprint density at radius 1 is 1.46 bits per heavy atom. The maximum Gasteiger partial charge on any atom is 0.264 e. The van der Waals surface area contributed by atoms with Crippen LogP contribution in [0.4, 0.5) is 8.78 Å². The molecule has 13 heavy (non-hydrogen) atoms. The van der Waals surface area contributed by atoms with Gasteiger partial charge in [0.2, 0.25) is 0 Å². The maximum absolute atomic E-state index is 12.4. The van der Waals surface area contributed by atoms with Gasteiger partial charge in [-0.15, -0.1) is 11.6 Å². The molecule has 0 unspecified atom stereocenters. The number of hydrogen-bond donors (Lipinski definition) is 0. The number of nitrogens with zero attached hydrogens (tertiary/aromatic N) is 1. The molecule has 0 saturated carbocycles. The van der Waals surface area contributed by atoms with Crippen LogP contribution in [0, 0.1) is 0 Å². The second-order valence-corrected chi connectivity index (χ2v) is 4.07. The van der Waals surface area contributed by atoms with E-state index in [1.54, 1.807) is 0 Å². The SMILES string of the molecule is FC(F)c1cc(Br)nc(Br)c1CCl. The first-order valence-electron chi connectivity index (χ1n) is 3.25. The number of halogens is 5. The second-order valence-electron chi connectivity index (χ2n) is 2.24. The molecule has 0 radical (unpaired) electrons. The van der Waals surface area contributed by atoms with Gasteiger partial charge >= 0.3 is 0 Å². The highest BCUT2D eigenvalue weighted by atomic mass is 79.9. The van der Waals surface area contributed by atoms with Crippen LogP contribution in [0.3, 0.4) is 0 Å². The van der Waals surface area contributed by atoms with E-state index in [9.17, 15) is 8.78 Å². The summed E-state index contributed by atoms with van der Waals surface area (Å²) < 4.78 is 25.6. The van der Waals surface area contributed by atoms with Crippen LogP contribution in [0.25, 0.3) is 0 Å². The van der Waals surface area contributed by atoms with Crippen LogP contribution in [-0.4, -0.2) is 4.98 Å². The lowest BCUT2D eigenvalue weighted by Gasteiger charge is -2.07. The third-order valence-electron chi connectivity index (χ3n) is 1.45. The van der Waals surface area contributed by atoms with Crippen LogP contribution < -0.4 is 0 Å². The Hall–Kier alpha value is 0.260. The lowest BCUT2D eigenvalue weighted by Crippen LogP contribution is -1.96. The Labute approximate surface area is 95.8 Å². The predicted octanol–water partition coefficient (Wildman–Crippen LogP) is 4.28. The number of alkyl halides is 3. The highest BCUT2D eigenvalue weighted by molar-refractivity contribution is 9.11. The van der Waals surface area contributed by atoms with Gasteiger partial charge in [-0.2, -0.15) is 0 Å². The average Bonchev–Trinajstić information content (AvgIpc) is 2.02. The fourth-order valence-corrected chi connectivity index (χ4v) is 2.52. The largest absolute Gasteiger partial charge is 0.264 e. The van der Waals surface area contributed by atoms with E-state index < -0.39 is 6.43 Å². The summed E-state index contributed by atoms with van der Waals surface area (Å²) in [5.41, 5.74) is 0.239. The number of hydrogen-bond acceptors (Lipinski definition) is 1. The molecule has 1 heterocycles. The first-order chi connectivity index (χ1) is 6.06. The molecule has 6 heteroatoms. The molecule has 0 bridgehead atoms. The molecule has 0 aliphatic heterocycles. The normalized spacial score (nSPS) is 10.9. The van der Waals surface area contributed by atoms with Crippen LogP contribution in [0.2, 0.25) is 0 Å². The third-order valence-corrected chi connectivity index (χ3v) is 2.78. The average molecular weight is 335 g/mol. The van der Waals surface area contributed by atoms with Gasteiger partial charge in [0.15, 0.2) is 0 Å². The molecular weight excluding hydrogens is 331 g/mol. The summed E-state index contributed by atoms with van der Waals surface area (Å²) in [7, 11) is 0. The van der Waals surface area contributed by atoms with Gasteiger partial charge in [-0.25, -0.2) is 13.8 Å². The topological polar surface area (TPSA) is 12.9 Å². The molecule has 1 nitrogen and oxygen atoms in total. The Morgan fingerprint density at radius 2 is 2.08 bits per heavy atom. The summed E-state index contributed by atoms with van der Waals surface area (Å²) in [4.78, 5) is 3.90. The van der Waals surface area contributed by atoms with Gasteiger partial charge in [0.05, 0.1) is 5.88 Å². The zero-order chi connectivity index (χ0) is 10.0. The van der Waals surface area contributed by atoms with Crippen molar-refractivity contribution in [3.05, 3.63) is 26.4 Å². The lowest BCUT2D eigenvalue weighted by molar-refractivity contribution is 0.150. The molecule has 0 aliphatic rings. The molecule has 0 aliphatic carbocycles. The van der Waals surface area contributed by atoms with Crippen LogP contribution in [0.1, 0.15) is 17.6 Å². The predicted molar refractivity (Wildman–Crippen MR) is 54.2 cm³/mol. The minimum absolute atomic E-state index is 0.0144. The van der Waals surface area contributed by atoms with Crippen molar-refractivity contribution >= 4 is 43.5 Å². The van der Waals surface area contributed by atoms with Crippen molar-refractivity contribution in [2.45, 2.75) is 12.3 Å². The summed E-state index contributed by atoms with van der Waals surface area (Å²) >= 11 is 11.6. The van der Waals surface area contributed by atoms with E-state index in [4.69, 9.17) is 11.6 Å². The van der Waals surface area contributed by atoms with Gasteiger partial charge in [0.1, 0.15) is 9.21 Å². The van der Waals surface area contributed by atoms with Gasteiger partial charge in [-0.05, 0) is 37.9 Å². The van der Waals surface area contributed by atoms with Gasteiger partial charge in [0.25, 0.3) is 6.43 Å². The van der Waals surface area contributed by atoms with Crippen molar-refractivity contribution in [2.24, 2.45) is 0 Å². The Balaban J connectivity index is 3.29. The van der Waals surface area contributed by atoms with Crippen molar-refractivity contribution in [3.63, 3.8) is 0 Å². The lowest BCUT2D eigenvalue weighted by atomic mass is 10.2. The zero-order valence-corrected chi connectivity index (χ0v) is 10.1. The molecule has 0 amide bonds. The van der Waals surface area contributed by atoms with E-state index in [1.165, 1.54) is 6.07 Å². The highest BCUT2D eigenvalue weighted by Crippen LogP contribution is 2.30. The van der Waals surface area contributed by atoms with E-state index in [2.05, 4.69) is 36.8 Å². The fourth-order valence-electron chi connectivity index (χ4n) is 0.855. The van der Waals surface area contributed by atoms with Crippen molar-refractivity contribution < 1.29 is 8.78 Å². The van der Waals surface area contributed by atoms with Gasteiger partial charge in [0, 0.05) is 11.1 Å². The van der Waals surface area contributed by atoms with E-state index in [0.29, 0.717) is 14.8 Å². The zero-order valence-electron chi connectivity index (χ0n) is 6.20. The number of rotatable bonds is 2. The number of pyridine rings is 1. The van der Waals surface area contributed by atoms with E-state index in [-0.39, 0.29) is 11.4 Å². The first-order valence-corrected chi connectivity index (χ1v) is 5.37. The number of aromatic nitrogens is 1. The highest BCUT2D eigenvalue weighted by Gasteiger charge is 2.16. The summed E-state index contributed by atoms with van der Waals surface area (Å²) in [6, 6.07) is 1.27. The van der Waals surface area contributed by atoms with Crippen LogP contribution in [-0.2, 0) is 5.88 Å². The molecule has 72 valence electrons. The first kappa shape index (κ1) is 11.3. The summed E-state index contributed by atoms with van der Waals surface area (Å²) in [5, 5.41) is 0. The molecule has 1 aromatic rings. The summed E-state index contributed by atoms with van der Waals surface area (Å²) in [6.07, 6.45) is -2.54. The minimum atomic E-state index is -2.54. The van der Waals surface area contributed by atoms with E-state index >= 15 is 0 Å². The molecule has 0 aromatic carbocycles. The van der Waals surface area contributed by atoms with Crippen molar-refractivity contribution in [1.29, 1.82) is 0 Å². The molecule has 0 saturated heterocycles. The Morgan fingerprint density at radius 3 is 2.54 bits per heavy atom. The molecule has 0 atom stereocenters. The van der Waals surface area contributed by atoms with Gasteiger partial charge in [-0.1, -0.05) is 0 Å². The Kier molecular flexibility index (Phi) is 4.06. The van der Waals surface area contributed by atoms with E-state index in [1.807, 2.05) is 0 Å². The quantitative estimate of drug-likeness (QED) is 0.581. The van der Waals surface area contributed by atoms with E-state index in [0.717, 1.165) is 0 Å². The van der Waals surface area contributed by atoms with Crippen LogP contribution in [0.15, 0.2) is 15.3 Å². The Bertz CT molecular complexity index is 320. The van der Waals surface area contributed by atoms with Gasteiger partial charge < -0.3 is 0 Å². The molecular formula is C7H4Br2ClF2N. The monoisotopic (exact) mass is 333 g/mol. The van der Waals surface area contributed by atoms with Crippen molar-refractivity contribution in [1.82, 2.24) is 4.98 Å². The fraction of sp³-hybridized carbons (Fsp3) is 0.286. The van der Waals surface area contributed by atoms with Crippen molar-refractivity contribution in [3.8, 4) is 0 Å². The molecule has 0 N–H and O–H groups in total. The standard InChI is InChI=1S/C7H4Br2ClF2N/c8-5-1-3(7(11)12)4(2-10)6(9)13-5/h1,7H,2H2. The van der Waals surface area contributed by atoms with Crippen LogP contribution in [0.5, 0.6) is 0 Å².